The molecular weight excluding hydrogens is 280 g/mol. The highest BCUT2D eigenvalue weighted by atomic mass is 35.5. The predicted molar refractivity (Wildman–Crippen MR) is 91.8 cm³/mol. The minimum Gasteiger partial charge on any atom is -0.381 e. The van der Waals surface area contributed by atoms with E-state index in [4.69, 9.17) is 11.6 Å². The molecule has 0 amide bonds. The lowest BCUT2D eigenvalue weighted by atomic mass is 10.1. The second kappa shape index (κ2) is 8.06. The van der Waals surface area contributed by atoms with Crippen molar-refractivity contribution in [1.82, 2.24) is 4.90 Å². The Balaban J connectivity index is 2.08. The first-order valence-electron chi connectivity index (χ1n) is 7.52. The van der Waals surface area contributed by atoms with Crippen molar-refractivity contribution in [3.8, 4) is 0 Å². The summed E-state index contributed by atoms with van der Waals surface area (Å²) in [5, 5.41) is 4.32. The molecule has 21 heavy (non-hydrogen) atoms. The summed E-state index contributed by atoms with van der Waals surface area (Å²) in [6, 6.07) is 16.5. The number of para-hydroxylation sites is 1. The minimum atomic E-state index is 0.745. The zero-order valence-electron chi connectivity index (χ0n) is 12.8. The van der Waals surface area contributed by atoms with Gasteiger partial charge in [0.05, 0.1) is 0 Å². The highest BCUT2D eigenvalue weighted by Crippen LogP contribution is 2.20. The van der Waals surface area contributed by atoms with Gasteiger partial charge in [0, 0.05) is 23.8 Å². The molecule has 0 aliphatic carbocycles. The fourth-order valence-corrected chi connectivity index (χ4v) is 2.55. The molecule has 2 rings (SSSR count). The summed E-state index contributed by atoms with van der Waals surface area (Å²) in [6.07, 6.45) is 0. The first kappa shape index (κ1) is 15.9. The van der Waals surface area contributed by atoms with Crippen molar-refractivity contribution in [3.63, 3.8) is 0 Å². The Labute approximate surface area is 132 Å². The monoisotopic (exact) mass is 302 g/mol. The van der Waals surface area contributed by atoms with E-state index in [2.05, 4.69) is 54.4 Å². The molecular formula is C18H23ClN2. The van der Waals surface area contributed by atoms with Crippen LogP contribution in [-0.4, -0.2) is 18.0 Å². The van der Waals surface area contributed by atoms with Crippen LogP contribution in [0.4, 0.5) is 5.69 Å². The quantitative estimate of drug-likeness (QED) is 0.791. The van der Waals surface area contributed by atoms with Gasteiger partial charge in [-0.15, -0.1) is 0 Å². The third kappa shape index (κ3) is 4.48. The lowest BCUT2D eigenvalue weighted by Crippen LogP contribution is -2.22. The number of nitrogens with zero attached hydrogens (tertiary/aromatic N) is 1. The van der Waals surface area contributed by atoms with Crippen LogP contribution < -0.4 is 5.32 Å². The lowest BCUT2D eigenvalue weighted by Gasteiger charge is -2.20. The summed E-state index contributed by atoms with van der Waals surface area (Å²) < 4.78 is 0. The SMILES string of the molecule is CCN(CC)Cc1ccccc1NCc1ccccc1Cl. The molecule has 0 heterocycles. The minimum absolute atomic E-state index is 0.745. The fourth-order valence-electron chi connectivity index (χ4n) is 2.35. The van der Waals surface area contributed by atoms with E-state index in [1.807, 2.05) is 18.2 Å². The Bertz CT molecular complexity index is 565. The predicted octanol–water partition coefficient (Wildman–Crippen LogP) is 4.79. The molecule has 2 aromatic rings. The van der Waals surface area contributed by atoms with E-state index in [1.165, 1.54) is 11.3 Å². The van der Waals surface area contributed by atoms with E-state index in [-0.39, 0.29) is 0 Å². The average molecular weight is 303 g/mol. The maximum absolute atomic E-state index is 6.21. The molecule has 112 valence electrons. The van der Waals surface area contributed by atoms with Crippen LogP contribution >= 0.6 is 11.6 Å². The van der Waals surface area contributed by atoms with Crippen LogP contribution in [0.3, 0.4) is 0 Å². The summed E-state index contributed by atoms with van der Waals surface area (Å²) in [5.41, 5.74) is 3.63. The molecule has 1 N–H and O–H groups in total. The summed E-state index contributed by atoms with van der Waals surface area (Å²) in [7, 11) is 0. The van der Waals surface area contributed by atoms with Crippen LogP contribution in [0.15, 0.2) is 48.5 Å². The molecule has 2 aromatic carbocycles. The molecule has 2 nitrogen and oxygen atoms in total. The van der Waals surface area contributed by atoms with Gasteiger partial charge in [0.1, 0.15) is 0 Å². The van der Waals surface area contributed by atoms with Crippen LogP contribution in [-0.2, 0) is 13.1 Å². The van der Waals surface area contributed by atoms with E-state index in [1.54, 1.807) is 0 Å². The van der Waals surface area contributed by atoms with Crippen LogP contribution in [0.25, 0.3) is 0 Å². The van der Waals surface area contributed by atoms with Crippen molar-refractivity contribution in [2.75, 3.05) is 18.4 Å². The first-order chi connectivity index (χ1) is 10.2. The van der Waals surface area contributed by atoms with E-state index in [0.717, 1.165) is 36.8 Å². The summed E-state index contributed by atoms with van der Waals surface area (Å²) in [6.45, 7) is 8.24. The number of hydrogen-bond donors (Lipinski definition) is 1. The smallest absolute Gasteiger partial charge is 0.0455 e. The molecule has 0 saturated carbocycles. The van der Waals surface area contributed by atoms with E-state index >= 15 is 0 Å². The van der Waals surface area contributed by atoms with Gasteiger partial charge in [-0.2, -0.15) is 0 Å². The number of hydrogen-bond acceptors (Lipinski definition) is 2. The van der Waals surface area contributed by atoms with Gasteiger partial charge in [0.25, 0.3) is 0 Å². The molecule has 0 aliphatic rings. The Hall–Kier alpha value is -1.51. The third-order valence-corrected chi connectivity index (χ3v) is 4.10. The molecule has 0 spiro atoms. The molecule has 0 aromatic heterocycles. The van der Waals surface area contributed by atoms with Crippen LogP contribution in [0.1, 0.15) is 25.0 Å². The van der Waals surface area contributed by atoms with Crippen molar-refractivity contribution in [2.45, 2.75) is 26.9 Å². The largest absolute Gasteiger partial charge is 0.381 e. The molecule has 3 heteroatoms. The summed E-state index contributed by atoms with van der Waals surface area (Å²) in [4.78, 5) is 2.41. The van der Waals surface area contributed by atoms with E-state index < -0.39 is 0 Å². The third-order valence-electron chi connectivity index (χ3n) is 3.73. The molecule has 0 saturated heterocycles. The van der Waals surface area contributed by atoms with Crippen molar-refractivity contribution < 1.29 is 0 Å². The Morgan fingerprint density at radius 1 is 0.905 bits per heavy atom. The fraction of sp³-hybridized carbons (Fsp3) is 0.333. The maximum atomic E-state index is 6.21. The zero-order chi connectivity index (χ0) is 15.1. The molecule has 0 aliphatic heterocycles. The highest BCUT2D eigenvalue weighted by Gasteiger charge is 2.06. The normalized spacial score (nSPS) is 10.9. The number of halogens is 1. The molecule has 0 unspecified atom stereocenters. The van der Waals surface area contributed by atoms with Gasteiger partial charge >= 0.3 is 0 Å². The van der Waals surface area contributed by atoms with Crippen LogP contribution in [0, 0.1) is 0 Å². The Kier molecular flexibility index (Phi) is 6.09. The van der Waals surface area contributed by atoms with Gasteiger partial charge in [0.2, 0.25) is 0 Å². The van der Waals surface area contributed by atoms with Crippen molar-refractivity contribution in [1.29, 1.82) is 0 Å². The van der Waals surface area contributed by atoms with Crippen molar-refractivity contribution in [3.05, 3.63) is 64.7 Å². The molecule has 0 atom stereocenters. The van der Waals surface area contributed by atoms with Crippen LogP contribution in [0.2, 0.25) is 5.02 Å². The second-order valence-electron chi connectivity index (χ2n) is 5.06. The van der Waals surface area contributed by atoms with Gasteiger partial charge in [-0.05, 0) is 36.3 Å². The van der Waals surface area contributed by atoms with Gasteiger partial charge in [-0.1, -0.05) is 61.8 Å². The number of rotatable bonds is 7. The maximum Gasteiger partial charge on any atom is 0.0455 e. The summed E-state index contributed by atoms with van der Waals surface area (Å²) in [5.74, 6) is 0. The Morgan fingerprint density at radius 3 is 2.19 bits per heavy atom. The Morgan fingerprint density at radius 2 is 1.52 bits per heavy atom. The zero-order valence-corrected chi connectivity index (χ0v) is 13.5. The number of anilines is 1. The second-order valence-corrected chi connectivity index (χ2v) is 5.47. The molecule has 0 radical (unpaired) electrons. The highest BCUT2D eigenvalue weighted by molar-refractivity contribution is 6.31. The molecule has 0 bridgehead atoms. The van der Waals surface area contributed by atoms with E-state index in [9.17, 15) is 0 Å². The average Bonchev–Trinajstić information content (AvgIpc) is 2.53. The van der Waals surface area contributed by atoms with E-state index in [0.29, 0.717) is 0 Å². The standard InChI is InChI=1S/C18H23ClN2/c1-3-21(4-2)14-16-10-6-8-12-18(16)20-13-15-9-5-7-11-17(15)19/h5-12,20H,3-4,13-14H2,1-2H3. The lowest BCUT2D eigenvalue weighted by molar-refractivity contribution is 0.296. The van der Waals surface area contributed by atoms with Gasteiger partial charge in [-0.25, -0.2) is 0 Å². The first-order valence-corrected chi connectivity index (χ1v) is 7.90. The number of benzene rings is 2. The van der Waals surface area contributed by atoms with Gasteiger partial charge < -0.3 is 5.32 Å². The molecule has 0 fully saturated rings. The topological polar surface area (TPSA) is 15.3 Å². The van der Waals surface area contributed by atoms with Crippen LogP contribution in [0.5, 0.6) is 0 Å². The van der Waals surface area contributed by atoms with Crippen molar-refractivity contribution >= 4 is 17.3 Å². The van der Waals surface area contributed by atoms with Crippen molar-refractivity contribution in [2.24, 2.45) is 0 Å². The van der Waals surface area contributed by atoms with Gasteiger partial charge in [-0.3, -0.25) is 4.90 Å². The van der Waals surface area contributed by atoms with Gasteiger partial charge in [0.15, 0.2) is 0 Å². The summed E-state index contributed by atoms with van der Waals surface area (Å²) >= 11 is 6.21. The number of nitrogens with one attached hydrogen (secondary N) is 1.